The van der Waals surface area contributed by atoms with Crippen molar-refractivity contribution in [2.24, 2.45) is 7.05 Å². The monoisotopic (exact) mass is 696 g/mol. The van der Waals surface area contributed by atoms with E-state index in [-0.39, 0.29) is 16.4 Å². The number of nitrogens with zero attached hydrogens (tertiary/aromatic N) is 6. The number of pyridine rings is 1. The molecule has 0 saturated heterocycles. The molecule has 0 amide bonds. The fourth-order valence-corrected chi connectivity index (χ4v) is 7.10. The van der Waals surface area contributed by atoms with E-state index in [9.17, 15) is 8.78 Å². The van der Waals surface area contributed by atoms with Crippen LogP contribution in [0, 0.1) is 11.6 Å². The van der Waals surface area contributed by atoms with E-state index < -0.39 is 11.6 Å². The smallest absolute Gasteiger partial charge is 0.191 e. The highest BCUT2D eigenvalue weighted by molar-refractivity contribution is 7.99. The van der Waals surface area contributed by atoms with Crippen LogP contribution < -0.4 is 0 Å². The highest BCUT2D eigenvalue weighted by Gasteiger charge is 2.28. The number of hydrogen-bond donors (Lipinski definition) is 0. The summed E-state index contributed by atoms with van der Waals surface area (Å²) in [6.45, 7) is 1.97. The number of halogens is 4. The van der Waals surface area contributed by atoms with Gasteiger partial charge in [-0.05, 0) is 73.7 Å². The lowest BCUT2D eigenvalue weighted by atomic mass is 10.1. The molecule has 234 valence electrons. The van der Waals surface area contributed by atoms with Gasteiger partial charge in [-0.15, -0.1) is 22.0 Å². The van der Waals surface area contributed by atoms with Gasteiger partial charge in [0, 0.05) is 46.1 Å². The van der Waals surface area contributed by atoms with Crippen molar-refractivity contribution in [1.29, 1.82) is 0 Å². The number of hydrogen-bond acceptors (Lipinski definition) is 9. The number of benzene rings is 2. The number of rotatable bonds is 10. The van der Waals surface area contributed by atoms with Gasteiger partial charge < -0.3 is 13.6 Å². The molecule has 0 spiro atoms. The highest BCUT2D eigenvalue weighted by Crippen LogP contribution is 2.46. The Morgan fingerprint density at radius 1 is 0.913 bits per heavy atom. The third-order valence-corrected chi connectivity index (χ3v) is 10.3. The maximum atomic E-state index is 14.3. The van der Waals surface area contributed by atoms with Crippen molar-refractivity contribution >= 4 is 46.7 Å². The van der Waals surface area contributed by atoms with Crippen molar-refractivity contribution in [3.8, 4) is 34.2 Å². The van der Waals surface area contributed by atoms with Crippen LogP contribution in [-0.2, 0) is 12.8 Å². The normalized spacial score (nSPS) is 13.8. The van der Waals surface area contributed by atoms with Gasteiger partial charge in [0.25, 0.3) is 0 Å². The van der Waals surface area contributed by atoms with Crippen LogP contribution in [0.25, 0.3) is 34.2 Å². The molecular weight excluding hydrogens is 673 g/mol. The standard InChI is InChI=1S/C32H24Cl2F2N6O2S2/c1-16(26-13-29(44-41-26)23-10-19(34)6-8-25(23)36)46-32-39-38-31(42(32)2)27-12-21(17-3-4-17)30(14-37-27)45-15-20-11-28(43-40-20)22-9-18(33)5-7-24(22)35/h5-14,16-17H,3-4,15H2,1-2H3. The molecule has 1 atom stereocenters. The minimum Gasteiger partial charge on any atom is -0.356 e. The largest absolute Gasteiger partial charge is 0.356 e. The summed E-state index contributed by atoms with van der Waals surface area (Å²) in [6.07, 6.45) is 4.08. The summed E-state index contributed by atoms with van der Waals surface area (Å²) >= 11 is 15.2. The summed E-state index contributed by atoms with van der Waals surface area (Å²) in [7, 11) is 1.89. The van der Waals surface area contributed by atoms with Gasteiger partial charge in [-0.25, -0.2) is 8.78 Å². The Bertz CT molecular complexity index is 2060. The van der Waals surface area contributed by atoms with Crippen molar-refractivity contribution < 1.29 is 17.8 Å². The number of thioether (sulfide) groups is 2. The summed E-state index contributed by atoms with van der Waals surface area (Å²) in [6, 6.07) is 14.1. The second-order valence-corrected chi connectivity index (χ2v) is 14.0. The lowest BCUT2D eigenvalue weighted by Gasteiger charge is -2.10. The summed E-state index contributed by atoms with van der Waals surface area (Å²) in [5, 5.41) is 18.5. The van der Waals surface area contributed by atoms with Gasteiger partial charge in [-0.3, -0.25) is 4.98 Å². The van der Waals surface area contributed by atoms with E-state index in [2.05, 4.69) is 26.6 Å². The predicted molar refractivity (Wildman–Crippen MR) is 174 cm³/mol. The van der Waals surface area contributed by atoms with E-state index in [4.69, 9.17) is 37.2 Å². The zero-order valence-corrected chi connectivity index (χ0v) is 27.5. The zero-order valence-electron chi connectivity index (χ0n) is 24.4. The fraction of sp³-hybridized carbons (Fsp3) is 0.219. The van der Waals surface area contributed by atoms with E-state index in [0.29, 0.717) is 55.6 Å². The maximum absolute atomic E-state index is 14.3. The Balaban J connectivity index is 1.06. The Hall–Kier alpha value is -3.71. The van der Waals surface area contributed by atoms with E-state index >= 15 is 0 Å². The summed E-state index contributed by atoms with van der Waals surface area (Å²) in [5.74, 6) is 1.39. The first-order valence-corrected chi connectivity index (χ1v) is 16.9. The molecular formula is C32H24Cl2F2N6O2S2. The Labute approximate surface area is 280 Å². The van der Waals surface area contributed by atoms with Gasteiger partial charge in [0.05, 0.1) is 27.8 Å². The molecule has 0 N–H and O–H groups in total. The summed E-state index contributed by atoms with van der Waals surface area (Å²) < 4.78 is 41.4. The molecule has 0 radical (unpaired) electrons. The highest BCUT2D eigenvalue weighted by atomic mass is 35.5. The third-order valence-electron chi connectivity index (χ3n) is 7.53. The van der Waals surface area contributed by atoms with Gasteiger partial charge in [-0.1, -0.05) is 45.3 Å². The van der Waals surface area contributed by atoms with Crippen LogP contribution in [0.1, 0.15) is 47.9 Å². The quantitative estimate of drug-likeness (QED) is 0.130. The molecule has 0 aliphatic heterocycles. The van der Waals surface area contributed by atoms with Crippen molar-refractivity contribution in [3.63, 3.8) is 0 Å². The predicted octanol–water partition coefficient (Wildman–Crippen LogP) is 9.80. The molecule has 7 rings (SSSR count). The van der Waals surface area contributed by atoms with Gasteiger partial charge in [-0.2, -0.15) is 0 Å². The minimum absolute atomic E-state index is 0.156. The first-order chi connectivity index (χ1) is 22.2. The average molecular weight is 698 g/mol. The van der Waals surface area contributed by atoms with Crippen LogP contribution in [0.3, 0.4) is 0 Å². The lowest BCUT2D eigenvalue weighted by Crippen LogP contribution is -1.99. The molecule has 14 heteroatoms. The van der Waals surface area contributed by atoms with Crippen LogP contribution in [-0.4, -0.2) is 30.1 Å². The molecule has 4 aromatic heterocycles. The lowest BCUT2D eigenvalue weighted by molar-refractivity contribution is 0.421. The van der Waals surface area contributed by atoms with Crippen molar-refractivity contribution in [2.45, 2.75) is 46.7 Å². The van der Waals surface area contributed by atoms with E-state index in [1.54, 1.807) is 23.9 Å². The van der Waals surface area contributed by atoms with E-state index in [1.165, 1.54) is 53.7 Å². The average Bonchev–Trinajstić information content (AvgIpc) is 3.40. The zero-order chi connectivity index (χ0) is 31.9. The SMILES string of the molecule is CC(Sc1nnc(-c2cc(C3CC3)c(SCc3cc(-c4cc(Cl)ccc4F)on3)cn2)n1C)c1cc(-c2cc(Cl)ccc2F)on1. The van der Waals surface area contributed by atoms with Crippen LogP contribution in [0.5, 0.6) is 0 Å². The Kier molecular flexibility index (Phi) is 8.62. The third kappa shape index (κ3) is 6.44. The molecule has 1 saturated carbocycles. The van der Waals surface area contributed by atoms with Crippen LogP contribution >= 0.6 is 46.7 Å². The second-order valence-electron chi connectivity index (χ2n) is 10.8. The molecule has 1 unspecified atom stereocenters. The molecule has 4 heterocycles. The number of aromatic nitrogens is 6. The van der Waals surface area contributed by atoms with Gasteiger partial charge in [0.15, 0.2) is 22.5 Å². The minimum atomic E-state index is -0.439. The molecule has 1 fully saturated rings. The van der Waals surface area contributed by atoms with Crippen LogP contribution in [0.15, 0.2) is 79.9 Å². The van der Waals surface area contributed by atoms with Crippen molar-refractivity contribution in [2.75, 3.05) is 0 Å². The molecule has 8 nitrogen and oxygen atoms in total. The first kappa shape index (κ1) is 30.9. The van der Waals surface area contributed by atoms with Gasteiger partial charge in [0.2, 0.25) is 0 Å². The van der Waals surface area contributed by atoms with Crippen molar-refractivity contribution in [3.05, 3.63) is 99.4 Å². The molecule has 46 heavy (non-hydrogen) atoms. The van der Waals surface area contributed by atoms with Gasteiger partial charge in [0.1, 0.15) is 17.3 Å². The molecule has 1 aliphatic rings. The van der Waals surface area contributed by atoms with E-state index in [0.717, 1.165) is 23.4 Å². The Morgan fingerprint density at radius 3 is 2.28 bits per heavy atom. The summed E-state index contributed by atoms with van der Waals surface area (Å²) in [4.78, 5) is 5.78. The Morgan fingerprint density at radius 2 is 1.59 bits per heavy atom. The topological polar surface area (TPSA) is 95.7 Å². The van der Waals surface area contributed by atoms with Crippen LogP contribution in [0.4, 0.5) is 8.78 Å². The molecule has 2 aromatic carbocycles. The van der Waals surface area contributed by atoms with Gasteiger partial charge >= 0.3 is 0 Å². The van der Waals surface area contributed by atoms with Crippen molar-refractivity contribution in [1.82, 2.24) is 30.1 Å². The first-order valence-electron chi connectivity index (χ1n) is 14.3. The molecule has 0 bridgehead atoms. The molecule has 6 aromatic rings. The second kappa shape index (κ2) is 12.8. The fourth-order valence-electron chi connectivity index (χ4n) is 4.91. The van der Waals surface area contributed by atoms with E-state index in [1.807, 2.05) is 24.7 Å². The molecule has 1 aliphatic carbocycles. The van der Waals surface area contributed by atoms with Crippen LogP contribution in [0.2, 0.25) is 10.0 Å². The maximum Gasteiger partial charge on any atom is 0.191 e. The summed E-state index contributed by atoms with van der Waals surface area (Å²) in [5.41, 5.74) is 3.77.